The van der Waals surface area contributed by atoms with Crippen molar-refractivity contribution in [2.75, 3.05) is 26.1 Å². The zero-order valence-corrected chi connectivity index (χ0v) is 9.62. The van der Waals surface area contributed by atoms with Crippen molar-refractivity contribution in [3.63, 3.8) is 0 Å². The van der Waals surface area contributed by atoms with E-state index < -0.39 is 0 Å². The van der Waals surface area contributed by atoms with Crippen molar-refractivity contribution in [1.82, 2.24) is 0 Å². The SMILES string of the molecule is COCc1cccc(NC(C)COC)c1. The fraction of sp³-hybridized carbons (Fsp3) is 0.500. The van der Waals surface area contributed by atoms with Gasteiger partial charge in [0.15, 0.2) is 0 Å². The third kappa shape index (κ3) is 4.32. The molecule has 84 valence electrons. The van der Waals surface area contributed by atoms with Gasteiger partial charge < -0.3 is 14.8 Å². The van der Waals surface area contributed by atoms with Crippen LogP contribution in [0.5, 0.6) is 0 Å². The molecule has 1 N–H and O–H groups in total. The molecule has 0 aliphatic carbocycles. The lowest BCUT2D eigenvalue weighted by atomic mass is 10.2. The van der Waals surface area contributed by atoms with Crippen LogP contribution in [-0.4, -0.2) is 26.9 Å². The molecule has 0 aliphatic rings. The summed E-state index contributed by atoms with van der Waals surface area (Å²) in [6.45, 7) is 3.44. The topological polar surface area (TPSA) is 30.5 Å². The number of ether oxygens (including phenoxy) is 2. The van der Waals surface area contributed by atoms with E-state index in [1.54, 1.807) is 14.2 Å². The molecule has 0 bridgehead atoms. The summed E-state index contributed by atoms with van der Waals surface area (Å²) >= 11 is 0. The van der Waals surface area contributed by atoms with Crippen molar-refractivity contribution >= 4 is 5.69 Å². The Morgan fingerprint density at radius 1 is 1.27 bits per heavy atom. The molecular formula is C12H19NO2. The number of nitrogens with one attached hydrogen (secondary N) is 1. The van der Waals surface area contributed by atoms with Gasteiger partial charge in [-0.05, 0) is 24.6 Å². The summed E-state index contributed by atoms with van der Waals surface area (Å²) in [6, 6.07) is 8.53. The van der Waals surface area contributed by atoms with Gasteiger partial charge in [0.2, 0.25) is 0 Å². The average molecular weight is 209 g/mol. The van der Waals surface area contributed by atoms with E-state index in [9.17, 15) is 0 Å². The quantitative estimate of drug-likeness (QED) is 0.779. The molecular weight excluding hydrogens is 190 g/mol. The van der Waals surface area contributed by atoms with Crippen molar-refractivity contribution in [1.29, 1.82) is 0 Å². The third-order valence-electron chi connectivity index (χ3n) is 2.07. The standard InChI is InChI=1S/C12H19NO2/c1-10(8-14-2)13-12-6-4-5-11(7-12)9-15-3/h4-7,10,13H,8-9H2,1-3H3. The van der Waals surface area contributed by atoms with Gasteiger partial charge in [-0.15, -0.1) is 0 Å². The zero-order chi connectivity index (χ0) is 11.1. The molecule has 1 aromatic carbocycles. The van der Waals surface area contributed by atoms with Crippen LogP contribution in [0.3, 0.4) is 0 Å². The molecule has 1 aromatic rings. The fourth-order valence-electron chi connectivity index (χ4n) is 1.49. The summed E-state index contributed by atoms with van der Waals surface area (Å²) in [5, 5.41) is 3.36. The zero-order valence-electron chi connectivity index (χ0n) is 9.62. The van der Waals surface area contributed by atoms with E-state index in [0.29, 0.717) is 19.3 Å². The highest BCUT2D eigenvalue weighted by Gasteiger charge is 2.01. The fourth-order valence-corrected chi connectivity index (χ4v) is 1.49. The predicted molar refractivity (Wildman–Crippen MR) is 62.1 cm³/mol. The molecule has 0 spiro atoms. The van der Waals surface area contributed by atoms with Gasteiger partial charge in [0.25, 0.3) is 0 Å². The normalized spacial score (nSPS) is 12.5. The lowest BCUT2D eigenvalue weighted by Gasteiger charge is -2.14. The van der Waals surface area contributed by atoms with Gasteiger partial charge in [0, 0.05) is 25.9 Å². The second-order valence-electron chi connectivity index (χ2n) is 3.63. The van der Waals surface area contributed by atoms with Gasteiger partial charge >= 0.3 is 0 Å². The molecule has 0 aliphatic heterocycles. The van der Waals surface area contributed by atoms with Gasteiger partial charge in [0.1, 0.15) is 0 Å². The van der Waals surface area contributed by atoms with Gasteiger partial charge in [0.05, 0.1) is 13.2 Å². The number of hydrogen-bond donors (Lipinski definition) is 1. The second-order valence-corrected chi connectivity index (χ2v) is 3.63. The molecule has 1 unspecified atom stereocenters. The van der Waals surface area contributed by atoms with Crippen LogP contribution in [0.25, 0.3) is 0 Å². The number of hydrogen-bond acceptors (Lipinski definition) is 3. The predicted octanol–water partition coefficient (Wildman–Crippen LogP) is 2.28. The average Bonchev–Trinajstić information content (AvgIpc) is 2.19. The van der Waals surface area contributed by atoms with E-state index >= 15 is 0 Å². The van der Waals surface area contributed by atoms with Crippen LogP contribution in [0.15, 0.2) is 24.3 Å². The smallest absolute Gasteiger partial charge is 0.0713 e. The summed E-state index contributed by atoms with van der Waals surface area (Å²) in [5.74, 6) is 0. The van der Waals surface area contributed by atoms with Gasteiger partial charge in [-0.3, -0.25) is 0 Å². The molecule has 3 nitrogen and oxygen atoms in total. The highest BCUT2D eigenvalue weighted by Crippen LogP contribution is 2.12. The summed E-state index contributed by atoms with van der Waals surface area (Å²) in [5.41, 5.74) is 2.28. The Morgan fingerprint density at radius 3 is 2.73 bits per heavy atom. The minimum atomic E-state index is 0.313. The van der Waals surface area contributed by atoms with Crippen LogP contribution in [-0.2, 0) is 16.1 Å². The molecule has 0 fully saturated rings. The monoisotopic (exact) mass is 209 g/mol. The van der Waals surface area contributed by atoms with Crippen LogP contribution < -0.4 is 5.32 Å². The maximum Gasteiger partial charge on any atom is 0.0713 e. The first-order valence-electron chi connectivity index (χ1n) is 5.09. The van der Waals surface area contributed by atoms with Crippen LogP contribution in [0.4, 0.5) is 5.69 Å². The molecule has 0 saturated carbocycles. The lowest BCUT2D eigenvalue weighted by molar-refractivity contribution is 0.185. The van der Waals surface area contributed by atoms with Crippen molar-refractivity contribution in [3.8, 4) is 0 Å². The maximum atomic E-state index is 5.08. The molecule has 15 heavy (non-hydrogen) atoms. The van der Waals surface area contributed by atoms with Gasteiger partial charge in [-0.1, -0.05) is 12.1 Å². The minimum Gasteiger partial charge on any atom is -0.383 e. The lowest BCUT2D eigenvalue weighted by Crippen LogP contribution is -2.20. The Balaban J connectivity index is 2.56. The van der Waals surface area contributed by atoms with Crippen LogP contribution >= 0.6 is 0 Å². The summed E-state index contributed by atoms with van der Waals surface area (Å²) < 4.78 is 10.1. The molecule has 0 saturated heterocycles. The molecule has 1 atom stereocenters. The summed E-state index contributed by atoms with van der Waals surface area (Å²) in [4.78, 5) is 0. The minimum absolute atomic E-state index is 0.313. The van der Waals surface area contributed by atoms with Crippen LogP contribution in [0, 0.1) is 0 Å². The van der Waals surface area contributed by atoms with Crippen LogP contribution in [0.2, 0.25) is 0 Å². The number of anilines is 1. The van der Waals surface area contributed by atoms with Crippen molar-refractivity contribution in [2.45, 2.75) is 19.6 Å². The number of rotatable bonds is 6. The molecule has 0 amide bonds. The van der Waals surface area contributed by atoms with Crippen molar-refractivity contribution < 1.29 is 9.47 Å². The number of benzene rings is 1. The maximum absolute atomic E-state index is 5.08. The van der Waals surface area contributed by atoms with Crippen molar-refractivity contribution in [3.05, 3.63) is 29.8 Å². The van der Waals surface area contributed by atoms with Crippen LogP contribution in [0.1, 0.15) is 12.5 Å². The Bertz CT molecular complexity index is 289. The molecule has 0 heterocycles. The van der Waals surface area contributed by atoms with E-state index in [4.69, 9.17) is 9.47 Å². The molecule has 1 rings (SSSR count). The summed E-state index contributed by atoms with van der Waals surface area (Å²) in [7, 11) is 3.41. The second kappa shape index (κ2) is 6.43. The van der Waals surface area contributed by atoms with E-state index in [1.807, 2.05) is 12.1 Å². The Hall–Kier alpha value is -1.06. The van der Waals surface area contributed by atoms with Gasteiger partial charge in [-0.2, -0.15) is 0 Å². The first kappa shape index (κ1) is 12.0. The Morgan fingerprint density at radius 2 is 2.07 bits per heavy atom. The van der Waals surface area contributed by atoms with E-state index in [-0.39, 0.29) is 0 Å². The molecule has 0 radical (unpaired) electrons. The molecule has 0 aromatic heterocycles. The highest BCUT2D eigenvalue weighted by molar-refractivity contribution is 5.46. The van der Waals surface area contributed by atoms with E-state index in [0.717, 1.165) is 5.69 Å². The summed E-state index contributed by atoms with van der Waals surface area (Å²) in [6.07, 6.45) is 0. The first-order valence-corrected chi connectivity index (χ1v) is 5.09. The Labute approximate surface area is 91.4 Å². The highest BCUT2D eigenvalue weighted by atomic mass is 16.5. The third-order valence-corrected chi connectivity index (χ3v) is 2.07. The van der Waals surface area contributed by atoms with E-state index in [1.165, 1.54) is 5.56 Å². The van der Waals surface area contributed by atoms with Crippen molar-refractivity contribution in [2.24, 2.45) is 0 Å². The first-order chi connectivity index (χ1) is 7.26. The number of methoxy groups -OCH3 is 2. The molecule has 3 heteroatoms. The van der Waals surface area contributed by atoms with E-state index in [2.05, 4.69) is 24.4 Å². The Kier molecular flexibility index (Phi) is 5.15. The van der Waals surface area contributed by atoms with Gasteiger partial charge in [-0.25, -0.2) is 0 Å². The largest absolute Gasteiger partial charge is 0.383 e.